The van der Waals surface area contributed by atoms with Crippen molar-refractivity contribution in [1.82, 2.24) is 0 Å². The number of ether oxygens (including phenoxy) is 1. The minimum atomic E-state index is 0.806. The molecule has 0 N–H and O–H groups in total. The van der Waals surface area contributed by atoms with Crippen LogP contribution in [0.4, 0.5) is 0 Å². The smallest absolute Gasteiger partial charge is 0.127 e. The zero-order chi connectivity index (χ0) is 10.2. The highest BCUT2D eigenvalue weighted by molar-refractivity contribution is 5.25. The maximum Gasteiger partial charge on any atom is 0.127 e. The topological polar surface area (TPSA) is 9.23 Å². The quantitative estimate of drug-likeness (QED) is 0.624. The second kappa shape index (κ2) is 6.47. The largest absolute Gasteiger partial charge is 0.493 e. The van der Waals surface area contributed by atoms with Crippen LogP contribution in [0.1, 0.15) is 38.7 Å². The third kappa shape index (κ3) is 3.82. The first-order valence-corrected chi connectivity index (χ1v) is 5.50. The van der Waals surface area contributed by atoms with E-state index in [9.17, 15) is 0 Å². The Balaban J connectivity index is 2.38. The fraction of sp³-hybridized carbons (Fsp3) is 0.538. The summed E-state index contributed by atoms with van der Waals surface area (Å²) in [5, 5.41) is 0. The molecule has 1 rings (SSSR count). The van der Waals surface area contributed by atoms with Gasteiger partial charge in [0.05, 0.1) is 6.61 Å². The maximum absolute atomic E-state index is 5.52. The Morgan fingerprint density at radius 3 is 2.64 bits per heavy atom. The lowest BCUT2D eigenvalue weighted by atomic mass is 10.1. The van der Waals surface area contributed by atoms with Gasteiger partial charge in [-0.25, -0.2) is 0 Å². The summed E-state index contributed by atoms with van der Waals surface area (Å²) in [5.74, 6) is 0.873. The summed E-state index contributed by atoms with van der Waals surface area (Å²) < 4.78 is 5.52. The molecule has 0 fully saturated rings. The molecule has 0 aliphatic carbocycles. The highest BCUT2D eigenvalue weighted by atomic mass is 16.5. The Kier molecular flexibility index (Phi) is 5.13. The normalized spacial score (nSPS) is 10.1. The van der Waals surface area contributed by atoms with E-state index in [-0.39, 0.29) is 0 Å². The van der Waals surface area contributed by atoms with Gasteiger partial charge in [-0.2, -0.15) is 0 Å². The molecular formula is C13H19O. The van der Waals surface area contributed by atoms with E-state index in [0.717, 1.165) is 25.2 Å². The van der Waals surface area contributed by atoms with Gasteiger partial charge in [-0.15, -0.1) is 0 Å². The molecule has 0 bridgehead atoms. The Morgan fingerprint density at radius 1 is 1.21 bits per heavy atom. The minimum absolute atomic E-state index is 0.806. The van der Waals surface area contributed by atoms with Crippen molar-refractivity contribution in [2.45, 2.75) is 39.5 Å². The lowest BCUT2D eigenvalue weighted by Gasteiger charge is -2.05. The molecule has 0 saturated carbocycles. The Hall–Kier alpha value is -0.980. The van der Waals surface area contributed by atoms with E-state index in [1.165, 1.54) is 18.4 Å². The molecule has 0 saturated heterocycles. The van der Waals surface area contributed by atoms with Gasteiger partial charge in [0.2, 0.25) is 0 Å². The summed E-state index contributed by atoms with van der Waals surface area (Å²) in [6, 6.07) is 9.33. The van der Waals surface area contributed by atoms with E-state index < -0.39 is 0 Å². The number of aryl methyl sites for hydroxylation is 1. The number of hydrogen-bond acceptors (Lipinski definition) is 1. The standard InChI is InChI=1S/C13H19O/c1-3-5-11-14-13-9-7-12(6-4-2)8-10-13/h7-9H,3-6,11H2,1-2H3. The highest BCUT2D eigenvalue weighted by Crippen LogP contribution is 2.12. The first-order valence-electron chi connectivity index (χ1n) is 5.50. The lowest BCUT2D eigenvalue weighted by Crippen LogP contribution is -1.96. The minimum Gasteiger partial charge on any atom is -0.493 e. The van der Waals surface area contributed by atoms with Crippen molar-refractivity contribution in [3.63, 3.8) is 0 Å². The van der Waals surface area contributed by atoms with Crippen LogP contribution in [0.3, 0.4) is 0 Å². The van der Waals surface area contributed by atoms with Crippen molar-refractivity contribution in [1.29, 1.82) is 0 Å². The van der Waals surface area contributed by atoms with Crippen molar-refractivity contribution >= 4 is 0 Å². The molecule has 1 radical (unpaired) electrons. The number of benzene rings is 1. The summed E-state index contributed by atoms with van der Waals surface area (Å²) in [5.41, 5.74) is 1.34. The van der Waals surface area contributed by atoms with Crippen molar-refractivity contribution in [2.75, 3.05) is 6.61 Å². The molecule has 0 atom stereocenters. The highest BCUT2D eigenvalue weighted by Gasteiger charge is 1.94. The van der Waals surface area contributed by atoms with Gasteiger partial charge in [-0.05, 0) is 30.5 Å². The van der Waals surface area contributed by atoms with Gasteiger partial charge in [0.25, 0.3) is 0 Å². The van der Waals surface area contributed by atoms with Crippen LogP contribution in [0.2, 0.25) is 0 Å². The van der Waals surface area contributed by atoms with Crippen LogP contribution < -0.4 is 4.74 Å². The monoisotopic (exact) mass is 191 g/mol. The van der Waals surface area contributed by atoms with Crippen LogP contribution in [-0.4, -0.2) is 6.61 Å². The van der Waals surface area contributed by atoms with Gasteiger partial charge in [0.15, 0.2) is 0 Å². The summed E-state index contributed by atoms with van der Waals surface area (Å²) in [6.07, 6.45) is 4.61. The van der Waals surface area contributed by atoms with Gasteiger partial charge in [-0.1, -0.05) is 32.8 Å². The van der Waals surface area contributed by atoms with Crippen LogP contribution in [0, 0.1) is 6.07 Å². The average molecular weight is 191 g/mol. The van der Waals surface area contributed by atoms with Gasteiger partial charge >= 0.3 is 0 Å². The van der Waals surface area contributed by atoms with E-state index >= 15 is 0 Å². The molecule has 77 valence electrons. The molecule has 1 heteroatoms. The zero-order valence-corrected chi connectivity index (χ0v) is 9.18. The van der Waals surface area contributed by atoms with Crippen molar-refractivity contribution < 1.29 is 4.74 Å². The molecule has 0 unspecified atom stereocenters. The Labute approximate surface area is 87.1 Å². The Morgan fingerprint density at radius 2 is 2.07 bits per heavy atom. The summed E-state index contributed by atoms with van der Waals surface area (Å²) in [4.78, 5) is 0. The van der Waals surface area contributed by atoms with Crippen LogP contribution in [0.15, 0.2) is 18.2 Å². The first kappa shape index (κ1) is 11.1. The molecule has 0 heterocycles. The van der Waals surface area contributed by atoms with Crippen molar-refractivity contribution in [2.24, 2.45) is 0 Å². The number of hydrogen-bond donors (Lipinski definition) is 0. The molecule has 1 aromatic carbocycles. The number of rotatable bonds is 6. The zero-order valence-electron chi connectivity index (χ0n) is 9.18. The Bertz CT molecular complexity index is 238. The molecule has 14 heavy (non-hydrogen) atoms. The van der Waals surface area contributed by atoms with Crippen LogP contribution in [0.5, 0.6) is 5.75 Å². The third-order valence-corrected chi connectivity index (χ3v) is 2.14. The van der Waals surface area contributed by atoms with E-state index in [2.05, 4.69) is 26.0 Å². The second-order valence-corrected chi connectivity index (χ2v) is 3.51. The predicted octanol–water partition coefficient (Wildman–Crippen LogP) is 3.62. The van der Waals surface area contributed by atoms with Crippen molar-refractivity contribution in [3.05, 3.63) is 29.8 Å². The SMILES string of the molecule is CCCCOc1[c]cc(CCC)cc1. The predicted molar refractivity (Wildman–Crippen MR) is 59.7 cm³/mol. The van der Waals surface area contributed by atoms with Crippen LogP contribution in [0.25, 0.3) is 0 Å². The second-order valence-electron chi connectivity index (χ2n) is 3.51. The van der Waals surface area contributed by atoms with Crippen molar-refractivity contribution in [3.8, 4) is 5.75 Å². The van der Waals surface area contributed by atoms with E-state index in [0.29, 0.717) is 0 Å². The summed E-state index contributed by atoms with van der Waals surface area (Å²) >= 11 is 0. The molecule has 0 aliphatic rings. The molecule has 0 aromatic heterocycles. The van der Waals surface area contributed by atoms with E-state index in [1.807, 2.05) is 12.1 Å². The van der Waals surface area contributed by atoms with Gasteiger partial charge < -0.3 is 4.74 Å². The van der Waals surface area contributed by atoms with Crippen LogP contribution >= 0.6 is 0 Å². The fourth-order valence-corrected chi connectivity index (χ4v) is 1.30. The molecule has 0 amide bonds. The van der Waals surface area contributed by atoms with E-state index in [4.69, 9.17) is 4.74 Å². The fourth-order valence-electron chi connectivity index (χ4n) is 1.30. The molecule has 0 aliphatic heterocycles. The van der Waals surface area contributed by atoms with Crippen LogP contribution in [-0.2, 0) is 6.42 Å². The molecule has 1 aromatic rings. The lowest BCUT2D eigenvalue weighted by molar-refractivity contribution is 0.308. The summed E-state index contributed by atoms with van der Waals surface area (Å²) in [6.45, 7) is 5.16. The number of unbranched alkanes of at least 4 members (excludes halogenated alkanes) is 1. The van der Waals surface area contributed by atoms with Gasteiger partial charge in [0.1, 0.15) is 5.75 Å². The van der Waals surface area contributed by atoms with Gasteiger partial charge in [0, 0.05) is 6.07 Å². The molecule has 0 spiro atoms. The molecular weight excluding hydrogens is 172 g/mol. The molecule has 1 nitrogen and oxygen atoms in total. The van der Waals surface area contributed by atoms with Gasteiger partial charge in [-0.3, -0.25) is 0 Å². The third-order valence-electron chi connectivity index (χ3n) is 2.14. The maximum atomic E-state index is 5.52. The average Bonchev–Trinajstić information content (AvgIpc) is 2.21. The summed E-state index contributed by atoms with van der Waals surface area (Å²) in [7, 11) is 0. The first-order chi connectivity index (χ1) is 6.86. The van der Waals surface area contributed by atoms with E-state index in [1.54, 1.807) is 0 Å².